The van der Waals surface area contributed by atoms with E-state index in [2.05, 4.69) is 5.32 Å². The summed E-state index contributed by atoms with van der Waals surface area (Å²) in [6, 6.07) is 12.2. The number of aromatic hydroxyl groups is 1. The first-order valence-corrected chi connectivity index (χ1v) is 7.94. The zero-order valence-electron chi connectivity index (χ0n) is 13.8. The lowest BCUT2D eigenvalue weighted by atomic mass is 10.1. The van der Waals surface area contributed by atoms with Crippen LogP contribution < -0.4 is 10.1 Å². The van der Waals surface area contributed by atoms with Crippen molar-refractivity contribution in [3.05, 3.63) is 58.1 Å². The lowest BCUT2D eigenvalue weighted by Crippen LogP contribution is -2.13. The van der Waals surface area contributed by atoms with Gasteiger partial charge in [-0.1, -0.05) is 30.7 Å². The van der Waals surface area contributed by atoms with Crippen molar-refractivity contribution in [2.45, 2.75) is 13.3 Å². The first-order chi connectivity index (χ1) is 12.0. The molecule has 0 atom stereocenters. The van der Waals surface area contributed by atoms with E-state index in [1.54, 1.807) is 12.1 Å². The van der Waals surface area contributed by atoms with Crippen molar-refractivity contribution in [1.82, 2.24) is 0 Å². The summed E-state index contributed by atoms with van der Waals surface area (Å²) < 4.78 is 5.01. The molecule has 2 rings (SSSR count). The molecule has 0 radical (unpaired) electrons. The van der Waals surface area contributed by atoms with E-state index < -0.39 is 5.91 Å². The van der Waals surface area contributed by atoms with Crippen molar-refractivity contribution in [3.63, 3.8) is 0 Å². The second-order valence-corrected chi connectivity index (χ2v) is 5.64. The van der Waals surface area contributed by atoms with E-state index in [-0.39, 0.29) is 22.1 Å². The standard InChI is InChI=1S/C19H17ClN2O3/c1-3-12-4-6-15(7-5-12)22-19(24)14(11-21)8-13-9-16(20)18(23)17(10-13)25-2/h4-10,23H,3H2,1-2H3,(H,22,24)/b14-8+. The van der Waals surface area contributed by atoms with Gasteiger partial charge in [0.05, 0.1) is 12.1 Å². The highest BCUT2D eigenvalue weighted by Crippen LogP contribution is 2.35. The van der Waals surface area contributed by atoms with E-state index in [0.717, 1.165) is 12.0 Å². The Morgan fingerprint density at radius 3 is 2.60 bits per heavy atom. The van der Waals surface area contributed by atoms with Crippen LogP contribution in [-0.2, 0) is 11.2 Å². The molecule has 0 aliphatic rings. The molecule has 0 spiro atoms. The number of rotatable bonds is 5. The molecular formula is C19H17ClN2O3. The van der Waals surface area contributed by atoms with Crippen LogP contribution >= 0.6 is 11.6 Å². The SMILES string of the molecule is CCc1ccc(NC(=O)/C(C#N)=C/c2cc(Cl)c(O)c(OC)c2)cc1. The molecule has 2 aromatic carbocycles. The zero-order chi connectivity index (χ0) is 18.4. The smallest absolute Gasteiger partial charge is 0.266 e. The summed E-state index contributed by atoms with van der Waals surface area (Å²) in [5, 5.41) is 21.8. The Balaban J connectivity index is 2.26. The molecular weight excluding hydrogens is 340 g/mol. The largest absolute Gasteiger partial charge is 0.503 e. The molecule has 0 aliphatic heterocycles. The number of halogens is 1. The Hall–Kier alpha value is -2.97. The molecule has 0 aliphatic carbocycles. The highest BCUT2D eigenvalue weighted by atomic mass is 35.5. The average molecular weight is 357 g/mol. The summed E-state index contributed by atoms with van der Waals surface area (Å²) in [5.41, 5.74) is 2.13. The van der Waals surface area contributed by atoms with Crippen LogP contribution in [0, 0.1) is 11.3 Å². The maximum atomic E-state index is 12.3. The molecule has 0 bridgehead atoms. The Bertz CT molecular complexity index is 852. The van der Waals surface area contributed by atoms with Crippen molar-refractivity contribution < 1.29 is 14.6 Å². The molecule has 0 saturated heterocycles. The van der Waals surface area contributed by atoms with Crippen LogP contribution in [-0.4, -0.2) is 18.1 Å². The van der Waals surface area contributed by atoms with E-state index in [1.165, 1.54) is 25.3 Å². The maximum absolute atomic E-state index is 12.3. The number of hydrogen-bond acceptors (Lipinski definition) is 4. The Kier molecular flexibility index (Phi) is 6.04. The van der Waals surface area contributed by atoms with Crippen molar-refractivity contribution >= 4 is 29.3 Å². The van der Waals surface area contributed by atoms with Gasteiger partial charge in [-0.05, 0) is 47.9 Å². The number of carbonyl (C=O) groups is 1. The van der Waals surface area contributed by atoms with Crippen LogP contribution in [0.1, 0.15) is 18.1 Å². The van der Waals surface area contributed by atoms with Gasteiger partial charge in [0.15, 0.2) is 11.5 Å². The number of aryl methyl sites for hydroxylation is 1. The molecule has 0 unspecified atom stereocenters. The number of methoxy groups -OCH3 is 1. The van der Waals surface area contributed by atoms with E-state index in [1.807, 2.05) is 25.1 Å². The molecule has 2 N–H and O–H groups in total. The van der Waals surface area contributed by atoms with Gasteiger partial charge in [-0.3, -0.25) is 4.79 Å². The van der Waals surface area contributed by atoms with E-state index in [4.69, 9.17) is 16.3 Å². The number of nitrogens with one attached hydrogen (secondary N) is 1. The Morgan fingerprint density at radius 2 is 2.04 bits per heavy atom. The molecule has 2 aromatic rings. The summed E-state index contributed by atoms with van der Waals surface area (Å²) in [6.07, 6.45) is 2.28. The third kappa shape index (κ3) is 4.52. The van der Waals surface area contributed by atoms with Gasteiger partial charge < -0.3 is 15.2 Å². The zero-order valence-corrected chi connectivity index (χ0v) is 14.6. The van der Waals surface area contributed by atoms with Crippen LogP contribution in [0.25, 0.3) is 6.08 Å². The van der Waals surface area contributed by atoms with Crippen molar-refractivity contribution in [1.29, 1.82) is 5.26 Å². The third-order valence-electron chi connectivity index (χ3n) is 3.57. The number of phenolic OH excluding ortho intramolecular Hbond substituents is 1. The molecule has 25 heavy (non-hydrogen) atoms. The minimum atomic E-state index is -0.532. The van der Waals surface area contributed by atoms with Gasteiger partial charge >= 0.3 is 0 Å². The molecule has 0 fully saturated rings. The van der Waals surface area contributed by atoms with Gasteiger partial charge in [-0.25, -0.2) is 0 Å². The number of phenols is 1. The second-order valence-electron chi connectivity index (χ2n) is 5.23. The number of ether oxygens (including phenoxy) is 1. The van der Waals surface area contributed by atoms with Crippen LogP contribution in [0.4, 0.5) is 5.69 Å². The lowest BCUT2D eigenvalue weighted by molar-refractivity contribution is -0.112. The summed E-state index contributed by atoms with van der Waals surface area (Å²) >= 11 is 5.92. The monoisotopic (exact) mass is 356 g/mol. The fourth-order valence-corrected chi connectivity index (χ4v) is 2.39. The number of carbonyl (C=O) groups excluding carboxylic acids is 1. The number of nitriles is 1. The maximum Gasteiger partial charge on any atom is 0.266 e. The normalized spacial score (nSPS) is 10.9. The quantitative estimate of drug-likeness (QED) is 0.622. The highest BCUT2D eigenvalue weighted by molar-refractivity contribution is 6.32. The minimum absolute atomic E-state index is 0.0680. The summed E-state index contributed by atoms with van der Waals surface area (Å²) in [4.78, 5) is 12.3. The van der Waals surface area contributed by atoms with Gasteiger partial charge in [0.25, 0.3) is 5.91 Å². The summed E-state index contributed by atoms with van der Waals surface area (Å²) in [5.74, 6) is -0.568. The fourth-order valence-electron chi connectivity index (χ4n) is 2.17. The number of nitrogens with zero attached hydrogens (tertiary/aromatic N) is 1. The van der Waals surface area contributed by atoms with Gasteiger partial charge in [0, 0.05) is 5.69 Å². The first kappa shape index (κ1) is 18.4. The summed E-state index contributed by atoms with van der Waals surface area (Å²) in [6.45, 7) is 2.04. The predicted molar refractivity (Wildman–Crippen MR) is 97.7 cm³/mol. The van der Waals surface area contributed by atoms with Gasteiger partial charge in [-0.15, -0.1) is 0 Å². The van der Waals surface area contributed by atoms with Gasteiger partial charge in [0.2, 0.25) is 0 Å². The number of amides is 1. The summed E-state index contributed by atoms with van der Waals surface area (Å²) in [7, 11) is 1.39. The molecule has 6 heteroatoms. The predicted octanol–water partition coefficient (Wildman–Crippen LogP) is 4.16. The minimum Gasteiger partial charge on any atom is -0.503 e. The van der Waals surface area contributed by atoms with Gasteiger partial charge in [0.1, 0.15) is 11.6 Å². The number of hydrogen-bond donors (Lipinski definition) is 2. The third-order valence-corrected chi connectivity index (χ3v) is 3.85. The Labute approximate surface area is 151 Å². The number of anilines is 1. The van der Waals surface area contributed by atoms with Crippen molar-refractivity contribution in [2.24, 2.45) is 0 Å². The second kappa shape index (κ2) is 8.22. The Morgan fingerprint density at radius 1 is 1.36 bits per heavy atom. The fraction of sp³-hybridized carbons (Fsp3) is 0.158. The molecule has 128 valence electrons. The molecule has 0 heterocycles. The van der Waals surface area contributed by atoms with Crippen molar-refractivity contribution in [2.75, 3.05) is 12.4 Å². The molecule has 1 amide bonds. The van der Waals surface area contributed by atoms with Gasteiger partial charge in [-0.2, -0.15) is 5.26 Å². The molecule has 5 nitrogen and oxygen atoms in total. The highest BCUT2D eigenvalue weighted by Gasteiger charge is 2.12. The van der Waals surface area contributed by atoms with Crippen LogP contribution in [0.2, 0.25) is 5.02 Å². The van der Waals surface area contributed by atoms with E-state index in [0.29, 0.717) is 11.3 Å². The van der Waals surface area contributed by atoms with Crippen LogP contribution in [0.5, 0.6) is 11.5 Å². The first-order valence-electron chi connectivity index (χ1n) is 7.57. The van der Waals surface area contributed by atoms with Crippen LogP contribution in [0.3, 0.4) is 0 Å². The molecule has 0 aromatic heterocycles. The van der Waals surface area contributed by atoms with Crippen molar-refractivity contribution in [3.8, 4) is 17.6 Å². The topological polar surface area (TPSA) is 82.4 Å². The number of benzene rings is 2. The van der Waals surface area contributed by atoms with E-state index in [9.17, 15) is 15.2 Å². The lowest BCUT2D eigenvalue weighted by Gasteiger charge is -2.08. The average Bonchev–Trinajstić information content (AvgIpc) is 2.62. The molecule has 0 saturated carbocycles. The van der Waals surface area contributed by atoms with E-state index >= 15 is 0 Å². The van der Waals surface area contributed by atoms with Crippen LogP contribution in [0.15, 0.2) is 42.0 Å².